The normalized spacial score (nSPS) is 18.5. The van der Waals surface area contributed by atoms with Crippen LogP contribution in [0, 0.1) is 0 Å². The van der Waals surface area contributed by atoms with Crippen LogP contribution in [-0.2, 0) is 6.42 Å². The van der Waals surface area contributed by atoms with Gasteiger partial charge in [-0.1, -0.05) is 41.9 Å². The summed E-state index contributed by atoms with van der Waals surface area (Å²) in [5, 5.41) is 0. The van der Waals surface area contributed by atoms with Crippen LogP contribution in [0.2, 0.25) is 0 Å². The van der Waals surface area contributed by atoms with Crippen molar-refractivity contribution in [3.8, 4) is 5.75 Å². The van der Waals surface area contributed by atoms with Crippen molar-refractivity contribution in [2.24, 2.45) is 0 Å². The summed E-state index contributed by atoms with van der Waals surface area (Å²) in [5.41, 5.74) is 2.76. The van der Waals surface area contributed by atoms with E-state index in [0.29, 0.717) is 10.7 Å². The maximum absolute atomic E-state index is 5.48. The summed E-state index contributed by atoms with van der Waals surface area (Å²) in [6.07, 6.45) is 1.06. The topological polar surface area (TPSA) is 9.23 Å². The fourth-order valence-corrected chi connectivity index (χ4v) is 2.06. The van der Waals surface area contributed by atoms with Gasteiger partial charge in [-0.3, -0.25) is 0 Å². The summed E-state index contributed by atoms with van der Waals surface area (Å²) in [6.45, 7) is 5.28. The number of alkyl halides is 1. The first-order chi connectivity index (χ1) is 6.68. The fourth-order valence-electron chi connectivity index (χ4n) is 1.75. The molecular formula is C12H15BrO. The summed E-state index contributed by atoms with van der Waals surface area (Å²) in [6, 6.07) is 6.56. The van der Waals surface area contributed by atoms with Gasteiger partial charge in [-0.25, -0.2) is 0 Å². The molecule has 1 heterocycles. The Balaban J connectivity index is 2.28. The maximum atomic E-state index is 5.48. The predicted octanol–water partition coefficient (Wildman–Crippen LogP) is 3.51. The monoisotopic (exact) mass is 254 g/mol. The molecule has 2 atom stereocenters. The molecule has 0 N–H and O–H groups in total. The average Bonchev–Trinajstić information content (AvgIpc) is 2.62. The lowest BCUT2D eigenvalue weighted by atomic mass is 9.96. The zero-order chi connectivity index (χ0) is 10.1. The first kappa shape index (κ1) is 10.0. The van der Waals surface area contributed by atoms with Crippen LogP contribution in [0.3, 0.4) is 0 Å². The Morgan fingerprint density at radius 3 is 2.86 bits per heavy atom. The van der Waals surface area contributed by atoms with Crippen LogP contribution in [0.1, 0.15) is 30.9 Å². The van der Waals surface area contributed by atoms with Gasteiger partial charge in [0.1, 0.15) is 5.75 Å². The van der Waals surface area contributed by atoms with Crippen LogP contribution in [0.25, 0.3) is 0 Å². The van der Waals surface area contributed by atoms with Gasteiger partial charge < -0.3 is 4.74 Å². The molecule has 0 radical (unpaired) electrons. The first-order valence-electron chi connectivity index (χ1n) is 5.08. The highest BCUT2D eigenvalue weighted by molar-refractivity contribution is 9.09. The number of benzene rings is 1. The van der Waals surface area contributed by atoms with Crippen molar-refractivity contribution in [3.05, 3.63) is 29.3 Å². The zero-order valence-corrected chi connectivity index (χ0v) is 10.2. The second-order valence-corrected chi connectivity index (χ2v) is 5.38. The summed E-state index contributed by atoms with van der Waals surface area (Å²) >= 11 is 3.63. The van der Waals surface area contributed by atoms with E-state index < -0.39 is 0 Å². The third-order valence-corrected chi connectivity index (χ3v) is 3.72. The van der Waals surface area contributed by atoms with E-state index in [2.05, 4.69) is 48.0 Å². The van der Waals surface area contributed by atoms with Crippen molar-refractivity contribution < 1.29 is 4.74 Å². The summed E-state index contributed by atoms with van der Waals surface area (Å²) < 4.78 is 5.48. The van der Waals surface area contributed by atoms with Crippen LogP contribution in [0.15, 0.2) is 18.2 Å². The van der Waals surface area contributed by atoms with Gasteiger partial charge in [0, 0.05) is 11.2 Å². The van der Waals surface area contributed by atoms with Gasteiger partial charge in [0.2, 0.25) is 0 Å². The Hall–Kier alpha value is -0.500. The van der Waals surface area contributed by atoms with Crippen LogP contribution < -0.4 is 4.74 Å². The van der Waals surface area contributed by atoms with Gasteiger partial charge in [-0.15, -0.1) is 0 Å². The molecule has 0 saturated carbocycles. The van der Waals surface area contributed by atoms with Crippen molar-refractivity contribution in [2.45, 2.75) is 31.0 Å². The highest BCUT2D eigenvalue weighted by Gasteiger charge is 2.16. The molecule has 1 aromatic carbocycles. The summed E-state index contributed by atoms with van der Waals surface area (Å²) in [4.78, 5) is 0.517. The molecule has 0 bridgehead atoms. The van der Waals surface area contributed by atoms with Gasteiger partial charge in [0.15, 0.2) is 0 Å². The highest BCUT2D eigenvalue weighted by atomic mass is 79.9. The van der Waals surface area contributed by atoms with E-state index >= 15 is 0 Å². The molecule has 0 aliphatic carbocycles. The molecule has 1 aliphatic rings. The average molecular weight is 255 g/mol. The Labute approximate surface area is 93.6 Å². The third-order valence-electron chi connectivity index (χ3n) is 2.93. The number of hydrogen-bond donors (Lipinski definition) is 0. The fraction of sp³-hybridized carbons (Fsp3) is 0.500. The van der Waals surface area contributed by atoms with E-state index in [9.17, 15) is 0 Å². The van der Waals surface area contributed by atoms with Crippen LogP contribution >= 0.6 is 15.9 Å². The molecular weight excluding hydrogens is 240 g/mol. The number of ether oxygens (including phenoxy) is 1. The second kappa shape index (κ2) is 3.93. The molecule has 0 spiro atoms. The summed E-state index contributed by atoms with van der Waals surface area (Å²) in [5.74, 6) is 1.63. The third kappa shape index (κ3) is 1.81. The molecule has 14 heavy (non-hydrogen) atoms. The van der Waals surface area contributed by atoms with E-state index in [1.54, 1.807) is 0 Å². The number of halogens is 1. The first-order valence-corrected chi connectivity index (χ1v) is 5.99. The molecule has 0 fully saturated rings. The summed E-state index contributed by atoms with van der Waals surface area (Å²) in [7, 11) is 0. The van der Waals surface area contributed by atoms with E-state index in [1.165, 1.54) is 11.1 Å². The van der Waals surface area contributed by atoms with E-state index in [4.69, 9.17) is 4.74 Å². The van der Waals surface area contributed by atoms with Gasteiger partial charge in [-0.05, 0) is 23.1 Å². The molecule has 0 amide bonds. The van der Waals surface area contributed by atoms with Crippen molar-refractivity contribution in [3.63, 3.8) is 0 Å². The number of rotatable bonds is 2. The Kier molecular flexibility index (Phi) is 2.82. The molecule has 76 valence electrons. The second-order valence-electron chi connectivity index (χ2n) is 3.93. The Morgan fingerprint density at radius 1 is 1.36 bits per heavy atom. The minimum atomic E-state index is 0.517. The van der Waals surface area contributed by atoms with Gasteiger partial charge in [-0.2, -0.15) is 0 Å². The predicted molar refractivity (Wildman–Crippen MR) is 62.4 cm³/mol. The molecule has 2 unspecified atom stereocenters. The Bertz CT molecular complexity index is 333. The van der Waals surface area contributed by atoms with Crippen molar-refractivity contribution in [2.75, 3.05) is 6.61 Å². The lowest BCUT2D eigenvalue weighted by Crippen LogP contribution is -2.04. The molecule has 2 heteroatoms. The van der Waals surface area contributed by atoms with Gasteiger partial charge in [0.25, 0.3) is 0 Å². The molecule has 0 saturated heterocycles. The van der Waals surface area contributed by atoms with E-state index in [1.807, 2.05) is 0 Å². The van der Waals surface area contributed by atoms with Gasteiger partial charge in [0.05, 0.1) is 6.61 Å². The highest BCUT2D eigenvalue weighted by Crippen LogP contribution is 2.31. The Morgan fingerprint density at radius 2 is 2.14 bits per heavy atom. The standard InChI is InChI=1S/C12H15BrO/c1-8(9(2)13)10-3-4-12-11(7-10)5-6-14-12/h3-4,7-9H,5-6H2,1-2H3. The van der Waals surface area contributed by atoms with E-state index in [-0.39, 0.29) is 0 Å². The van der Waals surface area contributed by atoms with Crippen molar-refractivity contribution >= 4 is 15.9 Å². The smallest absolute Gasteiger partial charge is 0.122 e. The minimum Gasteiger partial charge on any atom is -0.493 e. The van der Waals surface area contributed by atoms with Crippen LogP contribution in [-0.4, -0.2) is 11.4 Å². The molecule has 0 aromatic heterocycles. The SMILES string of the molecule is CC(Br)C(C)c1ccc2c(c1)CCO2. The molecule has 1 aliphatic heterocycles. The molecule has 1 nitrogen and oxygen atoms in total. The van der Waals surface area contributed by atoms with Crippen molar-refractivity contribution in [1.82, 2.24) is 0 Å². The lowest BCUT2D eigenvalue weighted by Gasteiger charge is -2.15. The number of hydrogen-bond acceptors (Lipinski definition) is 1. The maximum Gasteiger partial charge on any atom is 0.122 e. The zero-order valence-electron chi connectivity index (χ0n) is 8.59. The van der Waals surface area contributed by atoms with Crippen LogP contribution in [0.4, 0.5) is 0 Å². The quantitative estimate of drug-likeness (QED) is 0.735. The van der Waals surface area contributed by atoms with Crippen LogP contribution in [0.5, 0.6) is 5.75 Å². The lowest BCUT2D eigenvalue weighted by molar-refractivity contribution is 0.357. The largest absolute Gasteiger partial charge is 0.493 e. The number of fused-ring (bicyclic) bond motifs is 1. The van der Waals surface area contributed by atoms with Gasteiger partial charge >= 0.3 is 0 Å². The minimum absolute atomic E-state index is 0.517. The molecule has 1 aromatic rings. The van der Waals surface area contributed by atoms with E-state index in [0.717, 1.165) is 18.8 Å². The molecule has 2 rings (SSSR count). The van der Waals surface area contributed by atoms with Crippen molar-refractivity contribution in [1.29, 1.82) is 0 Å².